The standard InChI is InChI=1S/C25H32N4OS/c1-2-28(19-20-10-5-3-6-11-20)15-9-14-26-24(30)21-12-13-22-23(18-21)31-25(27-22)29-16-7-4-8-17-29/h3,5-6,10-13,18H,2,4,7-9,14-17,19H2,1H3,(H,26,30). The fourth-order valence-electron chi connectivity index (χ4n) is 4.07. The number of anilines is 1. The van der Waals surface area contributed by atoms with Crippen LogP contribution in [-0.4, -0.2) is 48.5 Å². The molecule has 0 atom stereocenters. The van der Waals surface area contributed by atoms with Crippen molar-refractivity contribution in [3.63, 3.8) is 0 Å². The number of carbonyl (C=O) groups excluding carboxylic acids is 1. The van der Waals surface area contributed by atoms with Gasteiger partial charge in [0, 0.05) is 38.3 Å². The topological polar surface area (TPSA) is 48.5 Å². The SMILES string of the molecule is CCN(CCCNC(=O)c1ccc2nc(N3CCCCC3)sc2c1)Cc1ccccc1. The minimum Gasteiger partial charge on any atom is -0.352 e. The van der Waals surface area contributed by atoms with Gasteiger partial charge in [-0.3, -0.25) is 9.69 Å². The molecule has 1 aliphatic rings. The molecule has 0 aliphatic carbocycles. The van der Waals surface area contributed by atoms with Crippen LogP contribution in [0.1, 0.15) is 48.5 Å². The smallest absolute Gasteiger partial charge is 0.251 e. The molecule has 0 saturated carbocycles. The van der Waals surface area contributed by atoms with Gasteiger partial charge >= 0.3 is 0 Å². The molecule has 6 heteroatoms. The molecular formula is C25H32N4OS. The molecule has 1 aromatic heterocycles. The number of nitrogens with zero attached hydrogens (tertiary/aromatic N) is 3. The van der Waals surface area contributed by atoms with Crippen molar-refractivity contribution in [3.8, 4) is 0 Å². The summed E-state index contributed by atoms with van der Waals surface area (Å²) in [5, 5.41) is 4.17. The molecule has 1 amide bonds. The number of nitrogens with one attached hydrogen (secondary N) is 1. The van der Waals surface area contributed by atoms with E-state index in [1.807, 2.05) is 24.3 Å². The number of amides is 1. The summed E-state index contributed by atoms with van der Waals surface area (Å²) in [6.07, 6.45) is 4.73. The van der Waals surface area contributed by atoms with E-state index in [0.29, 0.717) is 6.54 Å². The highest BCUT2D eigenvalue weighted by molar-refractivity contribution is 7.22. The van der Waals surface area contributed by atoms with Gasteiger partial charge in [0.25, 0.3) is 5.91 Å². The minimum atomic E-state index is 0.000861. The lowest BCUT2D eigenvalue weighted by molar-refractivity contribution is 0.0951. The Bertz CT molecular complexity index is 982. The number of carbonyl (C=O) groups is 1. The number of benzene rings is 2. The van der Waals surface area contributed by atoms with Gasteiger partial charge < -0.3 is 10.2 Å². The third-order valence-corrected chi connectivity index (χ3v) is 6.98. The van der Waals surface area contributed by atoms with E-state index in [4.69, 9.17) is 4.98 Å². The summed E-state index contributed by atoms with van der Waals surface area (Å²) < 4.78 is 1.09. The number of aromatic nitrogens is 1. The maximum Gasteiger partial charge on any atom is 0.251 e. The number of hydrogen-bond acceptors (Lipinski definition) is 5. The zero-order chi connectivity index (χ0) is 21.5. The molecule has 2 heterocycles. The molecule has 0 bridgehead atoms. The Labute approximate surface area is 189 Å². The van der Waals surface area contributed by atoms with Crippen LogP contribution in [0.25, 0.3) is 10.2 Å². The lowest BCUT2D eigenvalue weighted by Gasteiger charge is -2.25. The van der Waals surface area contributed by atoms with Gasteiger partial charge in [0.15, 0.2) is 5.13 Å². The number of piperidine rings is 1. The van der Waals surface area contributed by atoms with E-state index in [0.717, 1.165) is 60.1 Å². The molecule has 1 fully saturated rings. The van der Waals surface area contributed by atoms with Crippen molar-refractivity contribution in [2.45, 2.75) is 39.2 Å². The third-order valence-electron chi connectivity index (χ3n) is 5.90. The number of thiazole rings is 1. The van der Waals surface area contributed by atoms with Crippen LogP contribution in [0.4, 0.5) is 5.13 Å². The normalized spacial score (nSPS) is 14.3. The van der Waals surface area contributed by atoms with Gasteiger partial charge in [0.2, 0.25) is 0 Å². The van der Waals surface area contributed by atoms with E-state index < -0.39 is 0 Å². The van der Waals surface area contributed by atoms with Crippen molar-refractivity contribution in [2.75, 3.05) is 37.6 Å². The number of rotatable bonds is 9. The van der Waals surface area contributed by atoms with Gasteiger partial charge in [-0.1, -0.05) is 48.6 Å². The Balaban J connectivity index is 1.28. The van der Waals surface area contributed by atoms with Crippen LogP contribution in [0.15, 0.2) is 48.5 Å². The Kier molecular flexibility index (Phi) is 7.54. The molecule has 1 aliphatic heterocycles. The zero-order valence-electron chi connectivity index (χ0n) is 18.3. The second-order valence-corrected chi connectivity index (χ2v) is 9.20. The second kappa shape index (κ2) is 10.7. The predicted molar refractivity (Wildman–Crippen MR) is 130 cm³/mol. The number of fused-ring (bicyclic) bond motifs is 1. The number of hydrogen-bond donors (Lipinski definition) is 1. The lowest BCUT2D eigenvalue weighted by atomic mass is 10.1. The van der Waals surface area contributed by atoms with E-state index in [1.165, 1.54) is 24.8 Å². The summed E-state index contributed by atoms with van der Waals surface area (Å²) >= 11 is 1.70. The molecular weight excluding hydrogens is 404 g/mol. The molecule has 4 rings (SSSR count). The average molecular weight is 437 g/mol. The second-order valence-electron chi connectivity index (χ2n) is 8.19. The fraction of sp³-hybridized carbons (Fsp3) is 0.440. The van der Waals surface area contributed by atoms with Crippen molar-refractivity contribution in [3.05, 3.63) is 59.7 Å². The first kappa shape index (κ1) is 21.8. The highest BCUT2D eigenvalue weighted by Crippen LogP contribution is 2.31. The third kappa shape index (κ3) is 5.83. The molecule has 0 radical (unpaired) electrons. The summed E-state index contributed by atoms with van der Waals surface area (Å²) in [7, 11) is 0. The first-order chi connectivity index (χ1) is 15.2. The zero-order valence-corrected chi connectivity index (χ0v) is 19.2. The lowest BCUT2D eigenvalue weighted by Crippen LogP contribution is -2.29. The molecule has 1 N–H and O–H groups in total. The summed E-state index contributed by atoms with van der Waals surface area (Å²) in [6, 6.07) is 16.4. The van der Waals surface area contributed by atoms with Crippen LogP contribution in [0.5, 0.6) is 0 Å². The Morgan fingerprint density at radius 1 is 1.13 bits per heavy atom. The summed E-state index contributed by atoms with van der Waals surface area (Å²) in [4.78, 5) is 22.2. The van der Waals surface area contributed by atoms with Gasteiger partial charge in [0.05, 0.1) is 10.2 Å². The van der Waals surface area contributed by atoms with Crippen molar-refractivity contribution in [2.24, 2.45) is 0 Å². The monoisotopic (exact) mass is 436 g/mol. The molecule has 31 heavy (non-hydrogen) atoms. The van der Waals surface area contributed by atoms with Crippen LogP contribution < -0.4 is 10.2 Å². The summed E-state index contributed by atoms with van der Waals surface area (Å²) in [6.45, 7) is 7.97. The van der Waals surface area contributed by atoms with E-state index >= 15 is 0 Å². The fourth-order valence-corrected chi connectivity index (χ4v) is 5.13. The van der Waals surface area contributed by atoms with Gasteiger partial charge in [-0.2, -0.15) is 0 Å². The van der Waals surface area contributed by atoms with E-state index in [-0.39, 0.29) is 5.91 Å². The molecule has 2 aromatic carbocycles. The highest BCUT2D eigenvalue weighted by Gasteiger charge is 2.16. The minimum absolute atomic E-state index is 0.000861. The van der Waals surface area contributed by atoms with Crippen LogP contribution in [0.2, 0.25) is 0 Å². The van der Waals surface area contributed by atoms with E-state index in [1.54, 1.807) is 11.3 Å². The van der Waals surface area contributed by atoms with Gasteiger partial charge in [0.1, 0.15) is 0 Å². The maximum absolute atomic E-state index is 12.7. The Morgan fingerprint density at radius 3 is 2.71 bits per heavy atom. The Hall–Kier alpha value is -2.44. The summed E-state index contributed by atoms with van der Waals surface area (Å²) in [5.41, 5.74) is 3.04. The average Bonchev–Trinajstić information content (AvgIpc) is 3.25. The molecule has 5 nitrogen and oxygen atoms in total. The van der Waals surface area contributed by atoms with Crippen molar-refractivity contribution >= 4 is 32.6 Å². The van der Waals surface area contributed by atoms with Gasteiger partial charge in [-0.15, -0.1) is 0 Å². The van der Waals surface area contributed by atoms with Crippen LogP contribution in [-0.2, 0) is 6.54 Å². The largest absolute Gasteiger partial charge is 0.352 e. The summed E-state index contributed by atoms with van der Waals surface area (Å²) in [5.74, 6) is 0.000861. The quantitative estimate of drug-likeness (QED) is 0.483. The van der Waals surface area contributed by atoms with Gasteiger partial charge in [-0.25, -0.2) is 4.98 Å². The van der Waals surface area contributed by atoms with E-state index in [2.05, 4.69) is 46.3 Å². The Morgan fingerprint density at radius 2 is 1.94 bits per heavy atom. The first-order valence-corrected chi connectivity index (χ1v) is 12.2. The first-order valence-electron chi connectivity index (χ1n) is 11.4. The van der Waals surface area contributed by atoms with Crippen molar-refractivity contribution in [1.82, 2.24) is 15.2 Å². The maximum atomic E-state index is 12.7. The van der Waals surface area contributed by atoms with Crippen LogP contribution >= 0.6 is 11.3 Å². The van der Waals surface area contributed by atoms with Crippen LogP contribution in [0.3, 0.4) is 0 Å². The van der Waals surface area contributed by atoms with Crippen molar-refractivity contribution in [1.29, 1.82) is 0 Å². The molecule has 0 spiro atoms. The molecule has 0 unspecified atom stereocenters. The van der Waals surface area contributed by atoms with Gasteiger partial charge in [-0.05, 0) is 56.0 Å². The highest BCUT2D eigenvalue weighted by atomic mass is 32.1. The van der Waals surface area contributed by atoms with Crippen LogP contribution in [0, 0.1) is 0 Å². The van der Waals surface area contributed by atoms with E-state index in [9.17, 15) is 4.79 Å². The molecule has 3 aromatic rings. The van der Waals surface area contributed by atoms with Crippen molar-refractivity contribution < 1.29 is 4.79 Å². The molecule has 164 valence electrons. The molecule has 1 saturated heterocycles. The predicted octanol–water partition coefficient (Wildman–Crippen LogP) is 4.93.